The van der Waals surface area contributed by atoms with Gasteiger partial charge in [-0.2, -0.15) is 5.10 Å². The van der Waals surface area contributed by atoms with Crippen LogP contribution in [0.5, 0.6) is 0 Å². The molecule has 0 unspecified atom stereocenters. The maximum atomic E-state index is 14.7. The molecule has 1 fully saturated rings. The summed E-state index contributed by atoms with van der Waals surface area (Å²) >= 11 is 1.15. The van der Waals surface area contributed by atoms with E-state index >= 15 is 0 Å². The molecule has 8 heteroatoms. The number of aromatic nitrogens is 2. The third-order valence-electron chi connectivity index (χ3n) is 4.48. The van der Waals surface area contributed by atoms with Crippen molar-refractivity contribution in [1.82, 2.24) is 19.4 Å². The number of nitrogens with zero attached hydrogens (tertiary/aromatic N) is 2. The molecule has 1 aliphatic carbocycles. The van der Waals surface area contributed by atoms with Gasteiger partial charge in [-0.05, 0) is 37.8 Å². The van der Waals surface area contributed by atoms with E-state index in [0.29, 0.717) is 11.3 Å². The predicted molar refractivity (Wildman–Crippen MR) is 121 cm³/mol. The van der Waals surface area contributed by atoms with Crippen molar-refractivity contribution >= 4 is 12.1 Å². The summed E-state index contributed by atoms with van der Waals surface area (Å²) in [5.41, 5.74) is 1.11. The summed E-state index contributed by atoms with van der Waals surface area (Å²) in [6, 6.07) is 6.09. The normalized spacial score (nSPS) is 18.0. The number of hydrogen-bond donors (Lipinski definition) is 3. The number of nitrogens with one attached hydrogen (secondary N) is 2. The Bertz CT molecular complexity index is 768. The Labute approximate surface area is 182 Å². The van der Waals surface area contributed by atoms with Gasteiger partial charge in [-0.15, -0.1) is 4.47 Å². The summed E-state index contributed by atoms with van der Waals surface area (Å²) in [7, 11) is 1.55. The van der Waals surface area contributed by atoms with E-state index < -0.39 is 5.82 Å². The predicted octanol–water partition coefficient (Wildman–Crippen LogP) is 6.24. The van der Waals surface area contributed by atoms with Gasteiger partial charge >= 0.3 is 0 Å². The summed E-state index contributed by atoms with van der Waals surface area (Å²) in [6.07, 6.45) is 6.71. The van der Waals surface area contributed by atoms with Gasteiger partial charge in [0, 0.05) is 36.7 Å². The molecule has 0 amide bonds. The Balaban J connectivity index is 0.000000673. The second-order valence-electron chi connectivity index (χ2n) is 6.50. The average Bonchev–Trinajstić information content (AvgIpc) is 3.15. The first-order valence-corrected chi connectivity index (χ1v) is 10.8. The second kappa shape index (κ2) is 14.1. The number of rotatable bonds is 6. The highest BCUT2D eigenvalue weighted by atomic mass is 32.2. The molecule has 30 heavy (non-hydrogen) atoms. The van der Waals surface area contributed by atoms with Crippen molar-refractivity contribution in [2.24, 2.45) is 0 Å². The van der Waals surface area contributed by atoms with Crippen LogP contribution in [0.3, 0.4) is 0 Å². The summed E-state index contributed by atoms with van der Waals surface area (Å²) < 4.78 is 32.2. The zero-order chi connectivity index (χ0) is 22.5. The highest BCUT2D eigenvalue weighted by Gasteiger charge is 2.27. The van der Waals surface area contributed by atoms with Crippen LogP contribution in [0, 0.1) is 11.6 Å². The van der Waals surface area contributed by atoms with Crippen molar-refractivity contribution < 1.29 is 14.0 Å². The Morgan fingerprint density at radius 2 is 1.83 bits per heavy atom. The van der Waals surface area contributed by atoms with Crippen LogP contribution in [0.1, 0.15) is 51.1 Å². The molecule has 1 heterocycles. The van der Waals surface area contributed by atoms with Gasteiger partial charge in [-0.1, -0.05) is 51.3 Å². The zero-order valence-electron chi connectivity index (χ0n) is 17.9. The lowest BCUT2D eigenvalue weighted by Crippen LogP contribution is -2.30. The molecule has 0 bridgehead atoms. The molecule has 3 rings (SSSR count). The highest BCUT2D eigenvalue weighted by Crippen LogP contribution is 2.36. The van der Waals surface area contributed by atoms with E-state index in [0.717, 1.165) is 42.3 Å². The van der Waals surface area contributed by atoms with Gasteiger partial charge in [0.25, 0.3) is 0 Å². The van der Waals surface area contributed by atoms with E-state index in [9.17, 15) is 8.78 Å². The van der Waals surface area contributed by atoms with Crippen molar-refractivity contribution in [3.8, 4) is 11.3 Å². The quantitative estimate of drug-likeness (QED) is 0.283. The van der Waals surface area contributed by atoms with Gasteiger partial charge in [0.2, 0.25) is 0 Å². The molecule has 0 radical (unpaired) electrons. The van der Waals surface area contributed by atoms with Crippen LogP contribution >= 0.6 is 12.1 Å². The number of halogens is 2. The minimum absolute atomic E-state index is 0.0784. The molecule has 0 atom stereocenters. The van der Waals surface area contributed by atoms with Crippen molar-refractivity contribution in [2.75, 3.05) is 7.05 Å². The molecule has 1 aliphatic rings. The molecule has 2 aromatic rings. The number of aromatic amines is 1. The number of allylic oxidation sites excluding steroid dienone is 2. The lowest BCUT2D eigenvalue weighted by Gasteiger charge is -2.28. The van der Waals surface area contributed by atoms with Crippen molar-refractivity contribution in [2.45, 2.75) is 51.5 Å². The van der Waals surface area contributed by atoms with Crippen molar-refractivity contribution in [3.63, 3.8) is 0 Å². The fourth-order valence-electron chi connectivity index (χ4n) is 3.09. The molecular weight excluding hydrogens is 406 g/mol. The summed E-state index contributed by atoms with van der Waals surface area (Å²) in [5.74, 6) is -0.717. The molecule has 0 saturated heterocycles. The Kier molecular flexibility index (Phi) is 12.2. The van der Waals surface area contributed by atoms with E-state index in [4.69, 9.17) is 5.21 Å². The number of H-pyrrole nitrogens is 1. The van der Waals surface area contributed by atoms with Crippen LogP contribution in [-0.4, -0.2) is 33.0 Å². The Morgan fingerprint density at radius 3 is 2.37 bits per heavy atom. The lowest BCUT2D eigenvalue weighted by molar-refractivity contribution is 0.0438. The molecule has 0 aliphatic heterocycles. The van der Waals surface area contributed by atoms with Gasteiger partial charge in [-0.3, -0.25) is 5.10 Å². The van der Waals surface area contributed by atoms with Gasteiger partial charge in [0.15, 0.2) is 5.82 Å². The first kappa shape index (κ1) is 26.0. The highest BCUT2D eigenvalue weighted by molar-refractivity contribution is 7.94. The first-order chi connectivity index (χ1) is 14.5. The van der Waals surface area contributed by atoms with E-state index in [1.807, 2.05) is 13.8 Å². The molecule has 3 N–H and O–H groups in total. The van der Waals surface area contributed by atoms with Gasteiger partial charge in [0.1, 0.15) is 11.5 Å². The van der Waals surface area contributed by atoms with E-state index in [-0.39, 0.29) is 23.5 Å². The van der Waals surface area contributed by atoms with Crippen LogP contribution in [0.2, 0.25) is 0 Å². The largest absolute Gasteiger partial charge is 0.302 e. The Morgan fingerprint density at radius 1 is 1.20 bits per heavy atom. The monoisotopic (exact) mass is 438 g/mol. The maximum absolute atomic E-state index is 14.7. The standard InChI is InChI=1S/C16H20F2N4OS.C4H6.C2H6/c1-22(23)24-21-13-7-5-10(6-8-13)15-14(18)16(20-19-15)11-3-2-4-12(17)9-11;1-3-4-2;1-2/h2-4,9-10,13,21,23H,5-8H2,1H3,(H,19,20);3-4H,1-2H2;1-2H3. The van der Waals surface area contributed by atoms with E-state index in [1.165, 1.54) is 12.1 Å². The van der Waals surface area contributed by atoms with E-state index in [2.05, 4.69) is 28.1 Å². The summed E-state index contributed by atoms with van der Waals surface area (Å²) in [6.45, 7) is 10.7. The fourth-order valence-corrected chi connectivity index (χ4v) is 3.63. The summed E-state index contributed by atoms with van der Waals surface area (Å²) in [5, 5.41) is 16.0. The molecule has 1 aromatic heterocycles. The lowest BCUT2D eigenvalue weighted by atomic mass is 9.84. The van der Waals surface area contributed by atoms with Crippen LogP contribution in [0.15, 0.2) is 49.6 Å². The number of benzene rings is 1. The smallest absolute Gasteiger partial charge is 0.172 e. The molecule has 5 nitrogen and oxygen atoms in total. The minimum atomic E-state index is -0.408. The SMILES string of the molecule is C=CC=C.CC.CN(O)SNC1CCC(c2[nH]nc(-c3cccc(F)c3)c2F)CC1. The molecule has 166 valence electrons. The van der Waals surface area contributed by atoms with E-state index in [1.54, 1.807) is 31.3 Å². The van der Waals surface area contributed by atoms with Crippen molar-refractivity contribution in [1.29, 1.82) is 0 Å². The second-order valence-corrected chi connectivity index (χ2v) is 7.45. The zero-order valence-corrected chi connectivity index (χ0v) is 18.7. The summed E-state index contributed by atoms with van der Waals surface area (Å²) in [4.78, 5) is 0. The van der Waals surface area contributed by atoms with Crippen LogP contribution in [0.25, 0.3) is 11.3 Å². The maximum Gasteiger partial charge on any atom is 0.172 e. The van der Waals surface area contributed by atoms with Crippen LogP contribution in [0.4, 0.5) is 8.78 Å². The van der Waals surface area contributed by atoms with Crippen molar-refractivity contribution in [3.05, 3.63) is 66.9 Å². The van der Waals surface area contributed by atoms with Crippen LogP contribution in [-0.2, 0) is 0 Å². The van der Waals surface area contributed by atoms with Crippen LogP contribution < -0.4 is 4.72 Å². The topological polar surface area (TPSA) is 64.2 Å². The fraction of sp³-hybridized carbons (Fsp3) is 0.409. The molecular formula is C22H32F2N4OS. The third kappa shape index (κ3) is 8.02. The number of hydroxylamine groups is 1. The first-order valence-electron chi connectivity index (χ1n) is 10.0. The average molecular weight is 439 g/mol. The number of hydrogen-bond acceptors (Lipinski definition) is 5. The molecule has 0 spiro atoms. The third-order valence-corrected chi connectivity index (χ3v) is 5.19. The van der Waals surface area contributed by atoms with Gasteiger partial charge in [0.05, 0.1) is 5.69 Å². The van der Waals surface area contributed by atoms with Gasteiger partial charge in [-0.25, -0.2) is 13.5 Å². The molecule has 1 aromatic carbocycles. The molecule has 1 saturated carbocycles. The van der Waals surface area contributed by atoms with Gasteiger partial charge < -0.3 is 5.21 Å². The Hall–Kier alpha value is -2.00. The minimum Gasteiger partial charge on any atom is -0.302 e.